The maximum absolute atomic E-state index is 13.3. The molecule has 0 spiro atoms. The summed E-state index contributed by atoms with van der Waals surface area (Å²) in [5.74, 6) is -10.9. The number of amides is 11. The number of rotatable bonds is 5. The highest BCUT2D eigenvalue weighted by atomic mass is 33.1. The molecule has 0 bridgehead atoms. The molecule has 0 radical (unpaired) electrons. The first-order valence-corrected chi connectivity index (χ1v) is 22.6. The zero-order chi connectivity index (χ0) is 49.5. The number of carboxylic acids is 1. The molecule has 27 nitrogen and oxygen atoms in total. The smallest absolute Gasteiger partial charge is 0.327 e. The number of aliphatic carboxylic acids is 1. The summed E-state index contributed by atoms with van der Waals surface area (Å²) >= 11 is 0. The molecule has 5 atom stereocenters. The third kappa shape index (κ3) is 20.0. The fraction of sp³-hybridized carbons (Fsp3) is 0.474. The number of para-hydroxylation sites is 1. The molecular weight excluding hydrogens is 929 g/mol. The number of fused-ring (bicyclic) bond motifs is 1. The second-order valence-electron chi connectivity index (χ2n) is 14.3. The summed E-state index contributed by atoms with van der Waals surface area (Å²) in [6, 6.07) is 2.36. The molecule has 2 heterocycles. The number of hydrogen-bond donors (Lipinski definition) is 15. The quantitative estimate of drug-likeness (QED) is 0.124. The van der Waals surface area contributed by atoms with Crippen LogP contribution in [0, 0.1) is 0 Å². The first-order chi connectivity index (χ1) is 31.9. The van der Waals surface area contributed by atoms with Crippen molar-refractivity contribution in [2.24, 2.45) is 0 Å². The molecule has 15 N–H and O–H groups in total. The van der Waals surface area contributed by atoms with E-state index in [0.29, 0.717) is 5.56 Å². The molecule has 1 aliphatic rings. The maximum atomic E-state index is 13.3. The van der Waals surface area contributed by atoms with Crippen LogP contribution in [0.3, 0.4) is 0 Å². The van der Waals surface area contributed by atoms with E-state index in [1.807, 2.05) is 0 Å². The molecule has 11 amide bonds. The second kappa shape index (κ2) is 28.1. The highest BCUT2D eigenvalue weighted by Gasteiger charge is 2.36. The molecule has 366 valence electrons. The van der Waals surface area contributed by atoms with Crippen LogP contribution in [0.1, 0.15) is 18.9 Å². The summed E-state index contributed by atoms with van der Waals surface area (Å²) in [5, 5.41) is 54.3. The van der Waals surface area contributed by atoms with Gasteiger partial charge in [0.25, 0.3) is 0 Å². The van der Waals surface area contributed by atoms with E-state index in [1.165, 1.54) is 6.92 Å². The molecule has 29 heteroatoms. The van der Waals surface area contributed by atoms with Gasteiger partial charge in [0.1, 0.15) is 18.1 Å². The van der Waals surface area contributed by atoms with Crippen LogP contribution in [0.4, 0.5) is 0 Å². The van der Waals surface area contributed by atoms with Gasteiger partial charge in [0.05, 0.1) is 70.3 Å². The third-order valence-electron chi connectivity index (χ3n) is 9.09. The first kappa shape index (κ1) is 54.4. The Balaban J connectivity index is 1.67. The van der Waals surface area contributed by atoms with Crippen LogP contribution in [-0.4, -0.2) is 185 Å². The molecular formula is C38H52N12O15S2. The minimum Gasteiger partial charge on any atom is -0.480 e. The van der Waals surface area contributed by atoms with Crippen LogP contribution in [0.15, 0.2) is 30.5 Å². The molecule has 67 heavy (non-hydrogen) atoms. The van der Waals surface area contributed by atoms with E-state index in [1.54, 1.807) is 30.5 Å². The van der Waals surface area contributed by atoms with E-state index in [0.717, 1.165) is 32.5 Å². The normalized spacial score (nSPS) is 22.8. The highest BCUT2D eigenvalue weighted by Crippen LogP contribution is 2.32. The summed E-state index contributed by atoms with van der Waals surface area (Å²) in [7, 11) is 1.77. The Hall–Kier alpha value is -6.98. The van der Waals surface area contributed by atoms with Crippen molar-refractivity contribution in [2.75, 3.05) is 64.7 Å². The van der Waals surface area contributed by atoms with Gasteiger partial charge in [-0.3, -0.25) is 52.7 Å². The maximum Gasteiger partial charge on any atom is 0.327 e. The van der Waals surface area contributed by atoms with Crippen molar-refractivity contribution in [2.45, 2.75) is 49.2 Å². The predicted octanol–water partition coefficient (Wildman–Crippen LogP) is -7.29. The Morgan fingerprint density at radius 3 is 1.54 bits per heavy atom. The summed E-state index contributed by atoms with van der Waals surface area (Å²) in [5.41, 5.74) is 1.36. The Labute approximate surface area is 388 Å². The van der Waals surface area contributed by atoms with Crippen molar-refractivity contribution in [3.8, 4) is 0 Å². The molecule has 1 saturated heterocycles. The molecule has 5 unspecified atom stereocenters. The first-order valence-electron chi connectivity index (χ1n) is 20.2. The molecule has 1 aliphatic heterocycles. The lowest BCUT2D eigenvalue weighted by atomic mass is 10.0. The minimum absolute atomic E-state index is 0.0377. The van der Waals surface area contributed by atoms with E-state index < -0.39 is 159 Å². The fourth-order valence-electron chi connectivity index (χ4n) is 5.63. The van der Waals surface area contributed by atoms with Gasteiger partial charge in [0.2, 0.25) is 65.0 Å². The van der Waals surface area contributed by atoms with Gasteiger partial charge in [-0.05, 0) is 18.6 Å². The van der Waals surface area contributed by atoms with Crippen LogP contribution in [0.2, 0.25) is 0 Å². The molecule has 0 aliphatic carbocycles. The van der Waals surface area contributed by atoms with E-state index in [4.69, 9.17) is 0 Å². The second-order valence-corrected chi connectivity index (χ2v) is 17.0. The van der Waals surface area contributed by atoms with Crippen molar-refractivity contribution >= 4 is 103 Å². The number of carbonyl (C=O) groups excluding carboxylic acids is 11. The Bertz CT molecular complexity index is 2160. The number of H-pyrrole nitrogens is 1. The summed E-state index contributed by atoms with van der Waals surface area (Å²) in [6.45, 7) is -4.86. The lowest BCUT2D eigenvalue weighted by molar-refractivity contribution is -0.143. The number of carboxylic acid groups (broad SMARTS) is 1. The van der Waals surface area contributed by atoms with Crippen LogP contribution < -0.4 is 58.5 Å². The van der Waals surface area contributed by atoms with Gasteiger partial charge in [-0.2, -0.15) is 0 Å². The van der Waals surface area contributed by atoms with Gasteiger partial charge in [-0.25, -0.2) is 4.79 Å². The number of benzene rings is 1. The van der Waals surface area contributed by atoms with Gasteiger partial charge in [0, 0.05) is 35.7 Å². The summed E-state index contributed by atoms with van der Waals surface area (Å²) in [6.07, 6.45) is 0.0244. The van der Waals surface area contributed by atoms with Crippen LogP contribution in [0.5, 0.6) is 0 Å². The van der Waals surface area contributed by atoms with Crippen molar-refractivity contribution in [3.05, 3.63) is 36.0 Å². The van der Waals surface area contributed by atoms with Gasteiger partial charge in [0.15, 0.2) is 0 Å². The fourth-order valence-corrected chi connectivity index (χ4v) is 8.44. The Morgan fingerprint density at radius 2 is 1.06 bits per heavy atom. The van der Waals surface area contributed by atoms with Crippen molar-refractivity contribution in [1.82, 2.24) is 63.5 Å². The number of nitrogens with one attached hydrogen (secondary N) is 12. The number of aliphatic hydroxyl groups is 2. The Kier molecular flexibility index (Phi) is 22.8. The molecule has 3 rings (SSSR count). The summed E-state index contributed by atoms with van der Waals surface area (Å²) < 4.78 is 0. The van der Waals surface area contributed by atoms with E-state index >= 15 is 0 Å². The predicted molar refractivity (Wildman–Crippen MR) is 237 cm³/mol. The highest BCUT2D eigenvalue weighted by molar-refractivity contribution is 8.77. The molecule has 1 aromatic heterocycles. The van der Waals surface area contributed by atoms with Crippen LogP contribution in [-0.2, 0) is 64.0 Å². The average Bonchev–Trinajstić information content (AvgIpc) is 3.71. The third-order valence-corrected chi connectivity index (χ3v) is 12.1. The SMILES string of the molecule is CC(O)C1SSCCC(=O)NCC(=O)NCC(=O)NCC(=O)NCC(=O)NC(Cc2c[nH]c3ccccc23)C(=O)NCC(=O)NCC(=O)NCC(=O)NCC(=O)NC(CO)C(=O)NC1C(=O)O. The van der Waals surface area contributed by atoms with Gasteiger partial charge < -0.3 is 78.8 Å². The van der Waals surface area contributed by atoms with Crippen molar-refractivity contribution < 1.29 is 72.9 Å². The lowest BCUT2D eigenvalue weighted by Crippen LogP contribution is -2.58. The molecule has 0 saturated carbocycles. The minimum atomic E-state index is -1.77. The molecule has 1 fully saturated rings. The topological polar surface area (TPSA) is 414 Å². The van der Waals surface area contributed by atoms with Crippen LogP contribution >= 0.6 is 21.6 Å². The number of carbonyl (C=O) groups is 12. The number of aliphatic hydroxyl groups excluding tert-OH is 2. The molecule has 1 aromatic carbocycles. The standard InChI is InChI=1S/C38H52N12O15S2/c1-19(52)35-34(38(64)65)50-37(63)24(18-51)49-33(61)17-46-30(58)14-43-28(56)12-44-31(59)15-47-36(62)23(8-20-9-39-22-5-3-2-4-21(20)22)48-32(60)16-45-29(57)13-42-27(55)11-41-26(54)10-40-25(53)6-7-66-67-35/h2-5,9,19,23-24,34-35,39,51-52H,6-8,10-18H2,1H3,(H,40,53)(H,41,54)(H,42,55)(H,43,56)(H,44,59)(H,45,57)(H,46,58)(H,47,62)(H,48,60)(H,49,61)(H,50,63)(H,64,65). The van der Waals surface area contributed by atoms with E-state index in [-0.39, 0.29) is 18.6 Å². The van der Waals surface area contributed by atoms with Gasteiger partial charge in [-0.1, -0.05) is 39.8 Å². The van der Waals surface area contributed by atoms with E-state index in [9.17, 15) is 72.9 Å². The van der Waals surface area contributed by atoms with Crippen molar-refractivity contribution in [3.63, 3.8) is 0 Å². The number of aromatic nitrogens is 1. The zero-order valence-corrected chi connectivity index (χ0v) is 37.4. The lowest BCUT2D eigenvalue weighted by Gasteiger charge is -2.27. The number of aromatic amines is 1. The van der Waals surface area contributed by atoms with Crippen LogP contribution in [0.25, 0.3) is 10.9 Å². The monoisotopic (exact) mass is 980 g/mol. The largest absolute Gasteiger partial charge is 0.480 e. The van der Waals surface area contributed by atoms with Gasteiger partial charge in [-0.15, -0.1) is 0 Å². The zero-order valence-electron chi connectivity index (χ0n) is 35.8. The van der Waals surface area contributed by atoms with Crippen molar-refractivity contribution in [1.29, 1.82) is 0 Å². The summed E-state index contributed by atoms with van der Waals surface area (Å²) in [4.78, 5) is 153. The average molecular weight is 981 g/mol. The Morgan fingerprint density at radius 1 is 0.612 bits per heavy atom. The van der Waals surface area contributed by atoms with E-state index in [2.05, 4.69) is 63.5 Å². The van der Waals surface area contributed by atoms with Gasteiger partial charge >= 0.3 is 5.97 Å². The molecule has 2 aromatic rings. The number of hydrogen-bond acceptors (Lipinski definition) is 16.